The normalized spacial score (nSPS) is 24.2. The van der Waals surface area contributed by atoms with Crippen LogP contribution < -0.4 is 5.73 Å². The predicted molar refractivity (Wildman–Crippen MR) is 70.6 cm³/mol. The highest BCUT2D eigenvalue weighted by atomic mass is 15.2. The van der Waals surface area contributed by atoms with Gasteiger partial charge in [-0.3, -0.25) is 4.90 Å². The highest BCUT2D eigenvalue weighted by Crippen LogP contribution is 2.22. The summed E-state index contributed by atoms with van der Waals surface area (Å²) in [5, 5.41) is 0. The largest absolute Gasteiger partial charge is 0.329 e. The fourth-order valence-electron chi connectivity index (χ4n) is 2.82. The number of hydrogen-bond acceptors (Lipinski definition) is 3. The van der Waals surface area contributed by atoms with Gasteiger partial charge in [0.25, 0.3) is 0 Å². The maximum atomic E-state index is 5.93. The van der Waals surface area contributed by atoms with Gasteiger partial charge in [-0.05, 0) is 39.9 Å². The molecule has 1 aliphatic rings. The van der Waals surface area contributed by atoms with E-state index < -0.39 is 0 Å². The summed E-state index contributed by atoms with van der Waals surface area (Å²) >= 11 is 0. The Balaban J connectivity index is 2.46. The second kappa shape index (κ2) is 7.25. The molecular formula is C13H29N3. The summed E-state index contributed by atoms with van der Waals surface area (Å²) in [4.78, 5) is 4.96. The van der Waals surface area contributed by atoms with E-state index in [1.165, 1.54) is 45.2 Å². The second-order valence-corrected chi connectivity index (χ2v) is 5.33. The van der Waals surface area contributed by atoms with E-state index in [0.29, 0.717) is 6.04 Å². The molecule has 0 aromatic carbocycles. The van der Waals surface area contributed by atoms with Crippen molar-refractivity contribution in [1.29, 1.82) is 0 Å². The first kappa shape index (κ1) is 13.9. The minimum Gasteiger partial charge on any atom is -0.329 e. The quantitative estimate of drug-likeness (QED) is 0.716. The molecule has 96 valence electrons. The predicted octanol–water partition coefficient (Wildman–Crippen LogP) is 1.53. The molecule has 1 saturated heterocycles. The fraction of sp³-hybridized carbons (Fsp3) is 1.00. The van der Waals surface area contributed by atoms with Crippen LogP contribution in [0.15, 0.2) is 0 Å². The SMILES string of the molecule is CCCCC(CN)N1CCCC1CN(C)C. The van der Waals surface area contributed by atoms with Gasteiger partial charge in [-0.1, -0.05) is 19.8 Å². The first-order valence-electron chi connectivity index (χ1n) is 6.79. The number of nitrogens with two attached hydrogens (primary N) is 1. The van der Waals surface area contributed by atoms with Crippen molar-refractivity contribution in [3.05, 3.63) is 0 Å². The average Bonchev–Trinajstić information content (AvgIpc) is 2.67. The Hall–Kier alpha value is -0.120. The van der Waals surface area contributed by atoms with Crippen LogP contribution in [-0.2, 0) is 0 Å². The Morgan fingerprint density at radius 1 is 1.44 bits per heavy atom. The van der Waals surface area contributed by atoms with Gasteiger partial charge in [0.05, 0.1) is 0 Å². The molecule has 0 saturated carbocycles. The Kier molecular flexibility index (Phi) is 6.32. The number of likely N-dealkylation sites (N-methyl/N-ethyl adjacent to an activating group) is 1. The third-order valence-corrected chi connectivity index (χ3v) is 3.63. The number of nitrogens with zero attached hydrogens (tertiary/aromatic N) is 2. The smallest absolute Gasteiger partial charge is 0.0226 e. The molecule has 0 aromatic rings. The second-order valence-electron chi connectivity index (χ2n) is 5.33. The summed E-state index contributed by atoms with van der Waals surface area (Å²) in [6.07, 6.45) is 6.56. The molecule has 0 bridgehead atoms. The molecule has 3 nitrogen and oxygen atoms in total. The molecule has 2 atom stereocenters. The lowest BCUT2D eigenvalue weighted by molar-refractivity contribution is 0.147. The van der Waals surface area contributed by atoms with Gasteiger partial charge in [0.15, 0.2) is 0 Å². The van der Waals surface area contributed by atoms with Crippen LogP contribution in [0.1, 0.15) is 39.0 Å². The van der Waals surface area contributed by atoms with E-state index in [0.717, 1.165) is 12.6 Å². The van der Waals surface area contributed by atoms with Crippen molar-refractivity contribution in [2.75, 3.05) is 33.7 Å². The van der Waals surface area contributed by atoms with Crippen LogP contribution in [0.2, 0.25) is 0 Å². The van der Waals surface area contributed by atoms with Crippen LogP contribution in [0, 0.1) is 0 Å². The molecule has 1 aliphatic heterocycles. The van der Waals surface area contributed by atoms with Gasteiger partial charge in [0.2, 0.25) is 0 Å². The topological polar surface area (TPSA) is 32.5 Å². The molecule has 1 heterocycles. The van der Waals surface area contributed by atoms with Crippen LogP contribution in [0.4, 0.5) is 0 Å². The fourth-order valence-corrected chi connectivity index (χ4v) is 2.82. The van der Waals surface area contributed by atoms with E-state index in [4.69, 9.17) is 5.73 Å². The minimum absolute atomic E-state index is 0.618. The highest BCUT2D eigenvalue weighted by Gasteiger charge is 2.29. The lowest BCUT2D eigenvalue weighted by atomic mass is 10.1. The summed E-state index contributed by atoms with van der Waals surface area (Å²) < 4.78 is 0. The molecule has 0 aromatic heterocycles. The zero-order valence-corrected chi connectivity index (χ0v) is 11.3. The number of hydrogen-bond donors (Lipinski definition) is 1. The van der Waals surface area contributed by atoms with E-state index in [1.807, 2.05) is 0 Å². The van der Waals surface area contributed by atoms with E-state index in [1.54, 1.807) is 0 Å². The van der Waals surface area contributed by atoms with Gasteiger partial charge >= 0.3 is 0 Å². The Bertz CT molecular complexity index is 182. The van der Waals surface area contributed by atoms with Crippen molar-refractivity contribution < 1.29 is 0 Å². The van der Waals surface area contributed by atoms with Gasteiger partial charge in [-0.25, -0.2) is 0 Å². The average molecular weight is 227 g/mol. The first-order valence-corrected chi connectivity index (χ1v) is 6.79. The number of rotatable bonds is 7. The van der Waals surface area contributed by atoms with Crippen molar-refractivity contribution in [1.82, 2.24) is 9.80 Å². The summed E-state index contributed by atoms with van der Waals surface area (Å²) in [7, 11) is 4.33. The zero-order chi connectivity index (χ0) is 12.0. The Morgan fingerprint density at radius 3 is 2.75 bits per heavy atom. The van der Waals surface area contributed by atoms with Crippen molar-refractivity contribution in [2.45, 2.75) is 51.1 Å². The van der Waals surface area contributed by atoms with Crippen molar-refractivity contribution in [2.24, 2.45) is 5.73 Å². The summed E-state index contributed by atoms with van der Waals surface area (Å²) in [6.45, 7) is 5.52. The molecule has 1 rings (SSSR count). The monoisotopic (exact) mass is 227 g/mol. The maximum absolute atomic E-state index is 5.93. The van der Waals surface area contributed by atoms with E-state index in [2.05, 4.69) is 30.8 Å². The molecular weight excluding hydrogens is 198 g/mol. The highest BCUT2D eigenvalue weighted by molar-refractivity contribution is 4.86. The lowest BCUT2D eigenvalue weighted by Crippen LogP contribution is -2.47. The van der Waals surface area contributed by atoms with Crippen molar-refractivity contribution in [3.8, 4) is 0 Å². The number of likely N-dealkylation sites (tertiary alicyclic amines) is 1. The molecule has 0 spiro atoms. The number of unbranched alkanes of at least 4 members (excludes halogenated alkanes) is 1. The van der Waals surface area contributed by atoms with E-state index in [-0.39, 0.29) is 0 Å². The Morgan fingerprint density at radius 2 is 2.19 bits per heavy atom. The van der Waals surface area contributed by atoms with Gasteiger partial charge in [-0.15, -0.1) is 0 Å². The van der Waals surface area contributed by atoms with Gasteiger partial charge in [-0.2, -0.15) is 0 Å². The minimum atomic E-state index is 0.618. The van der Waals surface area contributed by atoms with Crippen LogP contribution in [0.5, 0.6) is 0 Å². The van der Waals surface area contributed by atoms with Crippen LogP contribution in [0.25, 0.3) is 0 Å². The van der Waals surface area contributed by atoms with Crippen LogP contribution in [0.3, 0.4) is 0 Å². The third kappa shape index (κ3) is 4.04. The molecule has 0 radical (unpaired) electrons. The molecule has 2 unspecified atom stereocenters. The molecule has 0 aliphatic carbocycles. The maximum Gasteiger partial charge on any atom is 0.0226 e. The molecule has 1 fully saturated rings. The molecule has 16 heavy (non-hydrogen) atoms. The van der Waals surface area contributed by atoms with E-state index >= 15 is 0 Å². The van der Waals surface area contributed by atoms with Crippen molar-refractivity contribution in [3.63, 3.8) is 0 Å². The lowest BCUT2D eigenvalue weighted by Gasteiger charge is -2.33. The molecule has 2 N–H and O–H groups in total. The van der Waals surface area contributed by atoms with Crippen LogP contribution >= 0.6 is 0 Å². The molecule has 0 amide bonds. The summed E-state index contributed by atoms with van der Waals surface area (Å²) in [5.41, 5.74) is 5.93. The Labute approximate surface area is 101 Å². The molecule has 3 heteroatoms. The first-order chi connectivity index (χ1) is 7.69. The van der Waals surface area contributed by atoms with Crippen molar-refractivity contribution >= 4 is 0 Å². The van der Waals surface area contributed by atoms with Gasteiger partial charge in [0.1, 0.15) is 0 Å². The van der Waals surface area contributed by atoms with E-state index in [9.17, 15) is 0 Å². The van der Waals surface area contributed by atoms with Gasteiger partial charge in [0, 0.05) is 25.2 Å². The summed E-state index contributed by atoms with van der Waals surface area (Å²) in [5.74, 6) is 0. The zero-order valence-electron chi connectivity index (χ0n) is 11.3. The van der Waals surface area contributed by atoms with Gasteiger partial charge < -0.3 is 10.6 Å². The van der Waals surface area contributed by atoms with Crippen LogP contribution in [-0.4, -0.2) is 55.6 Å². The standard InChI is InChI=1S/C13H29N3/c1-4-5-7-12(10-14)16-9-6-8-13(16)11-15(2)3/h12-13H,4-11,14H2,1-3H3. The third-order valence-electron chi connectivity index (χ3n) is 3.63. The summed E-state index contributed by atoms with van der Waals surface area (Å²) in [6, 6.07) is 1.35.